The number of hydrogen-bond acceptors (Lipinski definition) is 3. The van der Waals surface area contributed by atoms with E-state index in [1.54, 1.807) is 18.3 Å². The Kier molecular flexibility index (Phi) is 6.27. The van der Waals surface area contributed by atoms with Crippen molar-refractivity contribution < 1.29 is 9.59 Å². The van der Waals surface area contributed by atoms with E-state index in [1.807, 2.05) is 30.3 Å². The van der Waals surface area contributed by atoms with E-state index in [-0.39, 0.29) is 18.2 Å². The van der Waals surface area contributed by atoms with Crippen molar-refractivity contribution >= 4 is 45.9 Å². The maximum atomic E-state index is 12.2. The summed E-state index contributed by atoms with van der Waals surface area (Å²) >= 11 is 11.7. The van der Waals surface area contributed by atoms with Gasteiger partial charge in [-0.3, -0.25) is 14.6 Å². The maximum absolute atomic E-state index is 12.2. The molecular weight excluding hydrogens is 385 g/mol. The molecule has 0 bridgehead atoms. The number of carbonyl (C=O) groups is 2. The highest BCUT2D eigenvalue weighted by Crippen LogP contribution is 2.22. The van der Waals surface area contributed by atoms with Crippen LogP contribution in [0.3, 0.4) is 0 Å². The molecule has 27 heavy (non-hydrogen) atoms. The minimum absolute atomic E-state index is 0.128. The SMILES string of the molecule is O=C(Cc1cccc2cccnc12)NCCNC(=O)c1ccc(Cl)c(Cl)c1. The van der Waals surface area contributed by atoms with Crippen LogP contribution < -0.4 is 10.6 Å². The van der Waals surface area contributed by atoms with Gasteiger partial charge >= 0.3 is 0 Å². The van der Waals surface area contributed by atoms with Gasteiger partial charge < -0.3 is 10.6 Å². The topological polar surface area (TPSA) is 71.1 Å². The number of nitrogens with one attached hydrogen (secondary N) is 2. The molecule has 0 saturated carbocycles. The quantitative estimate of drug-likeness (QED) is 0.619. The largest absolute Gasteiger partial charge is 0.354 e. The zero-order chi connectivity index (χ0) is 19.2. The van der Waals surface area contributed by atoms with Crippen LogP contribution >= 0.6 is 23.2 Å². The fourth-order valence-corrected chi connectivity index (χ4v) is 2.96. The first-order valence-corrected chi connectivity index (χ1v) is 9.13. The molecule has 0 aliphatic carbocycles. The Morgan fingerprint density at radius 3 is 2.52 bits per heavy atom. The van der Waals surface area contributed by atoms with Crippen LogP contribution in [0.1, 0.15) is 15.9 Å². The lowest BCUT2D eigenvalue weighted by molar-refractivity contribution is -0.120. The summed E-state index contributed by atoms with van der Waals surface area (Å²) in [5, 5.41) is 7.23. The van der Waals surface area contributed by atoms with Crippen molar-refractivity contribution in [2.45, 2.75) is 6.42 Å². The molecule has 0 unspecified atom stereocenters. The first kappa shape index (κ1) is 19.1. The number of amides is 2. The van der Waals surface area contributed by atoms with Gasteiger partial charge in [-0.05, 0) is 29.8 Å². The number of fused-ring (bicyclic) bond motifs is 1. The van der Waals surface area contributed by atoms with E-state index in [9.17, 15) is 9.59 Å². The summed E-state index contributed by atoms with van der Waals surface area (Å²) in [4.78, 5) is 28.6. The third kappa shape index (κ3) is 4.96. The summed E-state index contributed by atoms with van der Waals surface area (Å²) in [5.41, 5.74) is 2.10. The fourth-order valence-electron chi connectivity index (χ4n) is 2.66. The zero-order valence-electron chi connectivity index (χ0n) is 14.3. The highest BCUT2D eigenvalue weighted by atomic mass is 35.5. The zero-order valence-corrected chi connectivity index (χ0v) is 15.8. The predicted octanol–water partition coefficient (Wildman–Crippen LogP) is 3.63. The van der Waals surface area contributed by atoms with Crippen LogP contribution in [0.2, 0.25) is 10.0 Å². The van der Waals surface area contributed by atoms with Crippen LogP contribution in [0.25, 0.3) is 10.9 Å². The number of pyridine rings is 1. The number of carbonyl (C=O) groups excluding carboxylic acids is 2. The normalized spacial score (nSPS) is 10.6. The Morgan fingerprint density at radius 1 is 0.926 bits per heavy atom. The smallest absolute Gasteiger partial charge is 0.251 e. The molecular formula is C20H17Cl2N3O2. The molecule has 1 heterocycles. The van der Waals surface area contributed by atoms with Gasteiger partial charge in [0.1, 0.15) is 0 Å². The third-order valence-electron chi connectivity index (χ3n) is 3.98. The van der Waals surface area contributed by atoms with Gasteiger partial charge in [0.15, 0.2) is 0 Å². The second kappa shape index (κ2) is 8.84. The molecule has 7 heteroatoms. The Balaban J connectivity index is 1.48. The number of hydrogen-bond donors (Lipinski definition) is 2. The molecule has 2 amide bonds. The second-order valence-electron chi connectivity index (χ2n) is 5.90. The molecule has 138 valence electrons. The van der Waals surface area contributed by atoms with Crippen LogP contribution in [0, 0.1) is 0 Å². The van der Waals surface area contributed by atoms with Gasteiger partial charge in [-0.2, -0.15) is 0 Å². The average molecular weight is 402 g/mol. The number of aromatic nitrogens is 1. The molecule has 0 spiro atoms. The summed E-state index contributed by atoms with van der Waals surface area (Å²) in [5.74, 6) is -0.405. The van der Waals surface area contributed by atoms with Gasteiger partial charge in [-0.1, -0.05) is 47.5 Å². The molecule has 1 aromatic heterocycles. The third-order valence-corrected chi connectivity index (χ3v) is 4.72. The molecule has 0 radical (unpaired) electrons. The maximum Gasteiger partial charge on any atom is 0.251 e. The van der Waals surface area contributed by atoms with E-state index in [2.05, 4.69) is 15.6 Å². The van der Waals surface area contributed by atoms with Crippen molar-refractivity contribution in [3.05, 3.63) is 75.9 Å². The van der Waals surface area contributed by atoms with Crippen molar-refractivity contribution in [2.24, 2.45) is 0 Å². The minimum Gasteiger partial charge on any atom is -0.354 e. The monoisotopic (exact) mass is 401 g/mol. The molecule has 5 nitrogen and oxygen atoms in total. The molecule has 3 rings (SSSR count). The Bertz CT molecular complexity index is 987. The van der Waals surface area contributed by atoms with Gasteiger partial charge in [0.25, 0.3) is 5.91 Å². The molecule has 2 N–H and O–H groups in total. The number of rotatable bonds is 6. The van der Waals surface area contributed by atoms with E-state index < -0.39 is 0 Å². The van der Waals surface area contributed by atoms with Crippen LogP contribution in [0.5, 0.6) is 0 Å². The first-order chi connectivity index (χ1) is 13.0. The van der Waals surface area contributed by atoms with Crippen LogP contribution in [0.15, 0.2) is 54.7 Å². The van der Waals surface area contributed by atoms with E-state index in [0.29, 0.717) is 28.7 Å². The first-order valence-electron chi connectivity index (χ1n) is 8.37. The lowest BCUT2D eigenvalue weighted by Gasteiger charge is -2.09. The van der Waals surface area contributed by atoms with Crippen molar-refractivity contribution in [1.29, 1.82) is 0 Å². The summed E-state index contributed by atoms with van der Waals surface area (Å²) in [7, 11) is 0. The predicted molar refractivity (Wildman–Crippen MR) is 107 cm³/mol. The van der Waals surface area contributed by atoms with Crippen molar-refractivity contribution in [1.82, 2.24) is 15.6 Å². The molecule has 0 aliphatic heterocycles. The summed E-state index contributed by atoms with van der Waals surface area (Å²) < 4.78 is 0. The summed E-state index contributed by atoms with van der Waals surface area (Å²) in [6.45, 7) is 0.628. The van der Waals surface area contributed by atoms with E-state index in [4.69, 9.17) is 23.2 Å². The molecule has 0 fully saturated rings. The molecule has 2 aromatic carbocycles. The number of halogens is 2. The fraction of sp³-hybridized carbons (Fsp3) is 0.150. The number of para-hydroxylation sites is 1. The Morgan fingerprint density at radius 2 is 1.70 bits per heavy atom. The van der Waals surface area contributed by atoms with E-state index in [0.717, 1.165) is 16.5 Å². The van der Waals surface area contributed by atoms with Crippen LogP contribution in [-0.4, -0.2) is 29.9 Å². The second-order valence-corrected chi connectivity index (χ2v) is 6.72. The highest BCUT2D eigenvalue weighted by molar-refractivity contribution is 6.42. The molecule has 0 atom stereocenters. The number of nitrogens with zero attached hydrogens (tertiary/aromatic N) is 1. The van der Waals surface area contributed by atoms with E-state index in [1.165, 1.54) is 6.07 Å². The van der Waals surface area contributed by atoms with Crippen molar-refractivity contribution in [2.75, 3.05) is 13.1 Å². The van der Waals surface area contributed by atoms with Gasteiger partial charge in [-0.15, -0.1) is 0 Å². The lowest BCUT2D eigenvalue weighted by Crippen LogP contribution is -2.35. The Hall–Kier alpha value is -2.63. The average Bonchev–Trinajstić information content (AvgIpc) is 2.67. The van der Waals surface area contributed by atoms with Gasteiger partial charge in [0.2, 0.25) is 5.91 Å². The van der Waals surface area contributed by atoms with Crippen molar-refractivity contribution in [3.63, 3.8) is 0 Å². The summed E-state index contributed by atoms with van der Waals surface area (Å²) in [6.07, 6.45) is 1.94. The highest BCUT2D eigenvalue weighted by Gasteiger charge is 2.09. The van der Waals surface area contributed by atoms with E-state index >= 15 is 0 Å². The molecule has 0 aliphatic rings. The lowest BCUT2D eigenvalue weighted by atomic mass is 10.1. The minimum atomic E-state index is -0.277. The van der Waals surface area contributed by atoms with Gasteiger partial charge in [0, 0.05) is 30.2 Å². The van der Waals surface area contributed by atoms with Crippen molar-refractivity contribution in [3.8, 4) is 0 Å². The Labute approximate surface area is 166 Å². The van der Waals surface area contributed by atoms with Crippen LogP contribution in [-0.2, 0) is 11.2 Å². The van der Waals surface area contributed by atoms with Crippen LogP contribution in [0.4, 0.5) is 0 Å². The summed E-state index contributed by atoms with van der Waals surface area (Å²) in [6, 6.07) is 14.2. The van der Waals surface area contributed by atoms with Gasteiger partial charge in [0.05, 0.1) is 22.0 Å². The van der Waals surface area contributed by atoms with Gasteiger partial charge in [-0.25, -0.2) is 0 Å². The standard InChI is InChI=1S/C20H17Cl2N3O2/c21-16-7-6-15(11-17(16)22)20(27)25-10-9-23-18(26)12-14-4-1-3-13-5-2-8-24-19(13)14/h1-8,11H,9-10,12H2,(H,23,26)(H,25,27). The molecule has 0 saturated heterocycles. The molecule has 3 aromatic rings. The number of benzene rings is 2.